The maximum absolute atomic E-state index is 13.4. The van der Waals surface area contributed by atoms with Crippen LogP contribution in [0.15, 0.2) is 54.1 Å². The van der Waals surface area contributed by atoms with Gasteiger partial charge in [0.25, 0.3) is 0 Å². The van der Waals surface area contributed by atoms with Crippen molar-refractivity contribution in [2.45, 2.75) is 18.9 Å². The van der Waals surface area contributed by atoms with Gasteiger partial charge in [0, 0.05) is 32.2 Å². The van der Waals surface area contributed by atoms with Gasteiger partial charge in [-0.25, -0.2) is 8.78 Å². The predicted molar refractivity (Wildman–Crippen MR) is 96.3 cm³/mol. The lowest BCUT2D eigenvalue weighted by atomic mass is 9.86. The van der Waals surface area contributed by atoms with E-state index in [1.165, 1.54) is 29.8 Å². The minimum atomic E-state index is -0.238. The zero-order chi connectivity index (χ0) is 17.2. The van der Waals surface area contributed by atoms with Crippen molar-refractivity contribution in [1.82, 2.24) is 10.2 Å². The highest BCUT2D eigenvalue weighted by atomic mass is 19.1. The van der Waals surface area contributed by atoms with Crippen LogP contribution in [0.2, 0.25) is 0 Å². The number of hydrogen-bond acceptors (Lipinski definition) is 2. The number of nitrogens with zero attached hydrogens (tertiary/aromatic N) is 1. The minimum Gasteiger partial charge on any atom is -0.314 e. The lowest BCUT2D eigenvalue weighted by Crippen LogP contribution is -2.53. The maximum atomic E-state index is 13.4. The van der Waals surface area contributed by atoms with Crippen molar-refractivity contribution < 1.29 is 8.78 Å². The van der Waals surface area contributed by atoms with Gasteiger partial charge in [-0.15, -0.1) is 0 Å². The van der Waals surface area contributed by atoms with Gasteiger partial charge in [0.15, 0.2) is 0 Å². The van der Waals surface area contributed by atoms with E-state index in [9.17, 15) is 8.78 Å². The number of benzene rings is 2. The molecule has 2 nitrogen and oxygen atoms in total. The molecule has 0 bridgehead atoms. The number of piperidine rings is 1. The average molecular weight is 340 g/mol. The zero-order valence-electron chi connectivity index (χ0n) is 14.1. The second-order valence-electron chi connectivity index (χ2n) is 6.86. The molecule has 2 saturated heterocycles. The second-order valence-corrected chi connectivity index (χ2v) is 6.86. The summed E-state index contributed by atoms with van der Waals surface area (Å²) in [5, 5.41) is 3.46. The molecule has 1 N–H and O–H groups in total. The van der Waals surface area contributed by atoms with E-state index in [0.29, 0.717) is 6.04 Å². The summed E-state index contributed by atoms with van der Waals surface area (Å²) in [5.41, 5.74) is 4.47. The Bertz CT molecular complexity index is 718. The third kappa shape index (κ3) is 3.51. The first-order chi connectivity index (χ1) is 12.2. The summed E-state index contributed by atoms with van der Waals surface area (Å²) >= 11 is 0. The first-order valence-corrected chi connectivity index (χ1v) is 8.89. The topological polar surface area (TPSA) is 15.3 Å². The molecule has 2 aromatic rings. The van der Waals surface area contributed by atoms with E-state index in [1.807, 2.05) is 24.3 Å². The molecule has 1 unspecified atom stereocenters. The fourth-order valence-electron chi connectivity index (χ4n) is 3.97. The van der Waals surface area contributed by atoms with Crippen LogP contribution < -0.4 is 5.32 Å². The predicted octanol–water partition coefficient (Wildman–Crippen LogP) is 3.83. The molecule has 2 aliphatic heterocycles. The molecule has 0 amide bonds. The largest absolute Gasteiger partial charge is 0.314 e. The van der Waals surface area contributed by atoms with Gasteiger partial charge >= 0.3 is 0 Å². The Morgan fingerprint density at radius 1 is 0.920 bits per heavy atom. The molecule has 1 atom stereocenters. The Labute approximate surface area is 147 Å². The van der Waals surface area contributed by atoms with Crippen LogP contribution in [0.25, 0.3) is 5.57 Å². The van der Waals surface area contributed by atoms with Crippen LogP contribution in [-0.2, 0) is 0 Å². The van der Waals surface area contributed by atoms with Crippen LogP contribution >= 0.6 is 0 Å². The second kappa shape index (κ2) is 7.06. The molecule has 0 aliphatic carbocycles. The van der Waals surface area contributed by atoms with E-state index < -0.39 is 0 Å². The van der Waals surface area contributed by atoms with E-state index in [0.717, 1.165) is 55.7 Å². The lowest BCUT2D eigenvalue weighted by molar-refractivity contribution is 0.146. The third-order valence-electron chi connectivity index (χ3n) is 5.26. The minimum absolute atomic E-state index is 0.238. The van der Waals surface area contributed by atoms with Crippen molar-refractivity contribution in [3.05, 3.63) is 76.9 Å². The summed E-state index contributed by atoms with van der Waals surface area (Å²) in [6.45, 7) is 4.05. The quantitative estimate of drug-likeness (QED) is 0.894. The first-order valence-electron chi connectivity index (χ1n) is 8.89. The SMILES string of the molecule is Fc1ccc(C(=C2CCC3CNCCN3C2)c2ccc(F)cc2)cc1. The Morgan fingerprint density at radius 2 is 1.52 bits per heavy atom. The molecule has 0 spiro atoms. The molecule has 4 rings (SSSR count). The van der Waals surface area contributed by atoms with Crippen molar-refractivity contribution in [2.24, 2.45) is 0 Å². The van der Waals surface area contributed by atoms with E-state index in [-0.39, 0.29) is 11.6 Å². The van der Waals surface area contributed by atoms with Gasteiger partial charge in [-0.2, -0.15) is 0 Å². The molecular weight excluding hydrogens is 318 g/mol. The standard InChI is InChI=1S/C21H22F2N2/c22-18-6-1-15(2-7-18)21(16-3-8-19(23)9-4-16)17-5-10-20-13-24-11-12-25(20)14-17/h1-4,6-9,20,24H,5,10-14H2. The van der Waals surface area contributed by atoms with E-state index in [4.69, 9.17) is 0 Å². The molecule has 2 heterocycles. The lowest BCUT2D eigenvalue weighted by Gasteiger charge is -2.41. The Hall–Kier alpha value is -2.04. The van der Waals surface area contributed by atoms with Crippen molar-refractivity contribution in [1.29, 1.82) is 0 Å². The van der Waals surface area contributed by atoms with E-state index in [2.05, 4.69) is 10.2 Å². The molecule has 2 fully saturated rings. The number of piperazine rings is 1. The number of halogens is 2. The van der Waals surface area contributed by atoms with E-state index in [1.54, 1.807) is 0 Å². The van der Waals surface area contributed by atoms with Crippen LogP contribution in [0.3, 0.4) is 0 Å². The van der Waals surface area contributed by atoms with Gasteiger partial charge in [0.05, 0.1) is 0 Å². The van der Waals surface area contributed by atoms with Gasteiger partial charge in [0.2, 0.25) is 0 Å². The molecule has 4 heteroatoms. The number of nitrogens with one attached hydrogen (secondary N) is 1. The molecule has 2 aromatic carbocycles. The summed E-state index contributed by atoms with van der Waals surface area (Å²) in [5.74, 6) is -0.476. The zero-order valence-corrected chi connectivity index (χ0v) is 14.1. The fourth-order valence-corrected chi connectivity index (χ4v) is 3.97. The van der Waals surface area contributed by atoms with Gasteiger partial charge in [-0.3, -0.25) is 4.90 Å². The Balaban J connectivity index is 1.76. The summed E-state index contributed by atoms with van der Waals surface area (Å²) < 4.78 is 26.8. The number of hydrogen-bond donors (Lipinski definition) is 1. The van der Waals surface area contributed by atoms with Gasteiger partial charge in [0.1, 0.15) is 11.6 Å². The summed E-state index contributed by atoms with van der Waals surface area (Å²) in [6.07, 6.45) is 2.14. The molecule has 0 radical (unpaired) electrons. The van der Waals surface area contributed by atoms with Crippen LogP contribution in [0.4, 0.5) is 8.78 Å². The monoisotopic (exact) mass is 340 g/mol. The molecular formula is C21H22F2N2. The molecule has 0 saturated carbocycles. The average Bonchev–Trinajstić information content (AvgIpc) is 2.65. The normalized spacial score (nSPS) is 21.0. The highest BCUT2D eigenvalue weighted by molar-refractivity contribution is 5.82. The summed E-state index contributed by atoms with van der Waals surface area (Å²) in [6, 6.07) is 13.9. The van der Waals surface area contributed by atoms with Crippen molar-refractivity contribution in [3.63, 3.8) is 0 Å². The van der Waals surface area contributed by atoms with Gasteiger partial charge < -0.3 is 5.32 Å². The van der Waals surface area contributed by atoms with Crippen molar-refractivity contribution in [2.75, 3.05) is 26.2 Å². The van der Waals surface area contributed by atoms with Crippen LogP contribution in [0.5, 0.6) is 0 Å². The van der Waals surface area contributed by atoms with Gasteiger partial charge in [-0.1, -0.05) is 24.3 Å². The van der Waals surface area contributed by atoms with E-state index >= 15 is 0 Å². The summed E-state index contributed by atoms with van der Waals surface area (Å²) in [7, 11) is 0. The molecule has 25 heavy (non-hydrogen) atoms. The van der Waals surface area contributed by atoms with Crippen LogP contribution in [-0.4, -0.2) is 37.1 Å². The Morgan fingerprint density at radius 3 is 2.12 bits per heavy atom. The summed E-state index contributed by atoms with van der Waals surface area (Å²) in [4.78, 5) is 2.53. The molecule has 0 aromatic heterocycles. The third-order valence-corrected chi connectivity index (χ3v) is 5.26. The first kappa shape index (κ1) is 16.4. The van der Waals surface area contributed by atoms with Crippen LogP contribution in [0, 0.1) is 11.6 Å². The van der Waals surface area contributed by atoms with Gasteiger partial charge in [-0.05, 0) is 59.4 Å². The fraction of sp³-hybridized carbons (Fsp3) is 0.333. The smallest absolute Gasteiger partial charge is 0.123 e. The number of fused-ring (bicyclic) bond motifs is 1. The highest BCUT2D eigenvalue weighted by Crippen LogP contribution is 2.33. The highest BCUT2D eigenvalue weighted by Gasteiger charge is 2.28. The Kier molecular flexibility index (Phi) is 4.64. The van der Waals surface area contributed by atoms with Crippen LogP contribution in [0.1, 0.15) is 24.0 Å². The molecule has 2 aliphatic rings. The maximum Gasteiger partial charge on any atom is 0.123 e. The number of rotatable bonds is 2. The molecule has 130 valence electrons. The van der Waals surface area contributed by atoms with Crippen molar-refractivity contribution in [3.8, 4) is 0 Å². The van der Waals surface area contributed by atoms with Crippen molar-refractivity contribution >= 4 is 5.57 Å².